The number of carbonyl (C=O) groups is 1. The van der Waals surface area contributed by atoms with Gasteiger partial charge in [0, 0.05) is 12.7 Å². The smallest absolute Gasteiger partial charge is 0.391 e. The highest BCUT2D eigenvalue weighted by Gasteiger charge is 2.37. The van der Waals surface area contributed by atoms with E-state index in [4.69, 9.17) is 0 Å². The van der Waals surface area contributed by atoms with Crippen LogP contribution in [-0.2, 0) is 6.18 Å². The molecule has 1 aliphatic rings. The van der Waals surface area contributed by atoms with Gasteiger partial charge < -0.3 is 10.0 Å². The summed E-state index contributed by atoms with van der Waals surface area (Å²) in [6, 6.07) is 5.70. The number of carbonyl (C=O) groups excluding carboxylic acids is 1. The van der Waals surface area contributed by atoms with Crippen LogP contribution in [0, 0.1) is 0 Å². The third-order valence-electron chi connectivity index (χ3n) is 3.89. The molecule has 0 bridgehead atoms. The Morgan fingerprint density at radius 1 is 1.26 bits per heavy atom. The summed E-state index contributed by atoms with van der Waals surface area (Å²) in [4.78, 5) is 13.9. The van der Waals surface area contributed by atoms with Crippen LogP contribution in [0.1, 0.15) is 34.1 Å². The van der Waals surface area contributed by atoms with E-state index in [1.807, 2.05) is 0 Å². The van der Waals surface area contributed by atoms with Crippen molar-refractivity contribution in [1.29, 1.82) is 0 Å². The topological polar surface area (TPSA) is 69.2 Å². The lowest BCUT2D eigenvalue weighted by Gasteiger charge is -2.24. The molecule has 1 saturated heterocycles. The molecule has 122 valence electrons. The zero-order valence-electron chi connectivity index (χ0n) is 11.9. The van der Waals surface area contributed by atoms with Gasteiger partial charge in [-0.3, -0.25) is 9.89 Å². The van der Waals surface area contributed by atoms with Crippen molar-refractivity contribution in [3.8, 4) is 0 Å². The van der Waals surface area contributed by atoms with Gasteiger partial charge >= 0.3 is 6.18 Å². The number of H-pyrrole nitrogens is 1. The Balaban J connectivity index is 1.86. The van der Waals surface area contributed by atoms with Gasteiger partial charge in [-0.2, -0.15) is 18.3 Å². The quantitative estimate of drug-likeness (QED) is 0.891. The van der Waals surface area contributed by atoms with Gasteiger partial charge in [0.05, 0.1) is 17.7 Å². The van der Waals surface area contributed by atoms with Crippen LogP contribution in [-0.4, -0.2) is 38.8 Å². The number of hydrogen-bond donors (Lipinski definition) is 2. The number of likely N-dealkylation sites (tertiary alicyclic amines) is 1. The SMILES string of the molecule is O=C(c1ccn[nH]1)N1C[C@H](O)C[C@H]1c1ccc(C(F)(F)F)cc1. The number of aromatic nitrogens is 2. The normalized spacial score (nSPS) is 21.7. The summed E-state index contributed by atoms with van der Waals surface area (Å²) >= 11 is 0. The second-order valence-electron chi connectivity index (χ2n) is 5.45. The van der Waals surface area contributed by atoms with Gasteiger partial charge in [-0.05, 0) is 30.2 Å². The van der Waals surface area contributed by atoms with Crippen molar-refractivity contribution in [3.05, 3.63) is 53.3 Å². The molecule has 0 unspecified atom stereocenters. The van der Waals surface area contributed by atoms with E-state index in [9.17, 15) is 23.1 Å². The first-order valence-corrected chi connectivity index (χ1v) is 7.02. The van der Waals surface area contributed by atoms with Crippen molar-refractivity contribution in [2.24, 2.45) is 0 Å². The monoisotopic (exact) mass is 325 g/mol. The van der Waals surface area contributed by atoms with Gasteiger partial charge in [0.2, 0.25) is 0 Å². The molecular formula is C15H14F3N3O2. The van der Waals surface area contributed by atoms with Crippen LogP contribution < -0.4 is 0 Å². The van der Waals surface area contributed by atoms with E-state index < -0.39 is 23.9 Å². The molecule has 0 spiro atoms. The lowest BCUT2D eigenvalue weighted by Crippen LogP contribution is -2.32. The Kier molecular flexibility index (Phi) is 3.85. The molecule has 1 aliphatic heterocycles. The number of aliphatic hydroxyl groups is 1. The van der Waals surface area contributed by atoms with E-state index in [2.05, 4.69) is 10.2 Å². The number of amides is 1. The average Bonchev–Trinajstić information content (AvgIpc) is 3.15. The molecule has 1 aromatic heterocycles. The van der Waals surface area contributed by atoms with Crippen molar-refractivity contribution >= 4 is 5.91 Å². The van der Waals surface area contributed by atoms with E-state index in [1.54, 1.807) is 0 Å². The summed E-state index contributed by atoms with van der Waals surface area (Å²) < 4.78 is 37.9. The minimum absolute atomic E-state index is 0.129. The molecule has 1 aromatic carbocycles. The maximum Gasteiger partial charge on any atom is 0.416 e. The maximum absolute atomic E-state index is 12.6. The molecule has 23 heavy (non-hydrogen) atoms. The average molecular weight is 325 g/mol. The zero-order chi connectivity index (χ0) is 16.6. The first kappa shape index (κ1) is 15.5. The third-order valence-corrected chi connectivity index (χ3v) is 3.89. The Morgan fingerprint density at radius 3 is 2.52 bits per heavy atom. The summed E-state index contributed by atoms with van der Waals surface area (Å²) in [7, 11) is 0. The molecule has 1 fully saturated rings. The number of hydrogen-bond acceptors (Lipinski definition) is 3. The second kappa shape index (κ2) is 5.69. The predicted molar refractivity (Wildman–Crippen MR) is 74.4 cm³/mol. The van der Waals surface area contributed by atoms with E-state index in [1.165, 1.54) is 29.3 Å². The molecule has 2 atom stereocenters. The molecular weight excluding hydrogens is 311 g/mol. The van der Waals surface area contributed by atoms with Crippen LogP contribution in [0.15, 0.2) is 36.5 Å². The molecule has 2 heterocycles. The van der Waals surface area contributed by atoms with Crippen molar-refractivity contribution < 1.29 is 23.1 Å². The van der Waals surface area contributed by atoms with E-state index in [-0.39, 0.29) is 24.6 Å². The maximum atomic E-state index is 12.6. The van der Waals surface area contributed by atoms with Gasteiger partial charge in [-0.25, -0.2) is 0 Å². The van der Waals surface area contributed by atoms with Crippen molar-refractivity contribution in [2.45, 2.75) is 24.7 Å². The molecule has 1 amide bonds. The predicted octanol–water partition coefficient (Wildman–Crippen LogP) is 2.38. The van der Waals surface area contributed by atoms with Gasteiger partial charge in [-0.15, -0.1) is 0 Å². The fraction of sp³-hybridized carbons (Fsp3) is 0.333. The number of β-amino-alcohol motifs (C(OH)–C–C–N with tert-alkyl or cyclic N) is 1. The van der Waals surface area contributed by atoms with Crippen molar-refractivity contribution in [1.82, 2.24) is 15.1 Å². The number of alkyl halides is 3. The number of benzene rings is 1. The molecule has 0 radical (unpaired) electrons. The Morgan fingerprint density at radius 2 is 1.96 bits per heavy atom. The highest BCUT2D eigenvalue weighted by molar-refractivity contribution is 5.92. The van der Waals surface area contributed by atoms with Gasteiger partial charge in [0.25, 0.3) is 5.91 Å². The number of halogens is 3. The van der Waals surface area contributed by atoms with Gasteiger partial charge in [0.15, 0.2) is 0 Å². The largest absolute Gasteiger partial charge is 0.416 e. The van der Waals surface area contributed by atoms with Crippen LogP contribution in [0.5, 0.6) is 0 Å². The number of nitrogens with one attached hydrogen (secondary N) is 1. The fourth-order valence-corrected chi connectivity index (χ4v) is 2.78. The van der Waals surface area contributed by atoms with Crippen LogP contribution in [0.3, 0.4) is 0 Å². The first-order chi connectivity index (χ1) is 10.9. The standard InChI is InChI=1S/C15H14F3N3O2/c16-15(17,18)10-3-1-9(2-4-10)13-7-11(22)8-21(13)14(23)12-5-6-19-20-12/h1-6,11,13,22H,7-8H2,(H,19,20)/t11-,13+/m1/s1. The molecule has 3 rings (SSSR count). The lowest BCUT2D eigenvalue weighted by molar-refractivity contribution is -0.137. The summed E-state index contributed by atoms with van der Waals surface area (Å²) in [6.45, 7) is 0.129. The molecule has 0 aliphatic carbocycles. The molecule has 8 heteroatoms. The van der Waals surface area contributed by atoms with E-state index in [0.29, 0.717) is 5.56 Å². The number of aliphatic hydroxyl groups excluding tert-OH is 1. The minimum Gasteiger partial charge on any atom is -0.391 e. The number of rotatable bonds is 2. The van der Waals surface area contributed by atoms with E-state index in [0.717, 1.165) is 12.1 Å². The van der Waals surface area contributed by atoms with Gasteiger partial charge in [-0.1, -0.05) is 12.1 Å². The second-order valence-corrected chi connectivity index (χ2v) is 5.45. The van der Waals surface area contributed by atoms with Crippen LogP contribution in [0.4, 0.5) is 13.2 Å². The highest BCUT2D eigenvalue weighted by atomic mass is 19.4. The number of aromatic amines is 1. The summed E-state index contributed by atoms with van der Waals surface area (Å²) in [5, 5.41) is 16.1. The van der Waals surface area contributed by atoms with Crippen LogP contribution >= 0.6 is 0 Å². The lowest BCUT2D eigenvalue weighted by atomic mass is 10.0. The third kappa shape index (κ3) is 3.07. The molecule has 5 nitrogen and oxygen atoms in total. The number of nitrogens with zero attached hydrogens (tertiary/aromatic N) is 2. The Labute approximate surface area is 129 Å². The van der Waals surface area contributed by atoms with Crippen molar-refractivity contribution in [2.75, 3.05) is 6.54 Å². The minimum atomic E-state index is -4.40. The molecule has 2 aromatic rings. The fourth-order valence-electron chi connectivity index (χ4n) is 2.78. The van der Waals surface area contributed by atoms with Crippen LogP contribution in [0.2, 0.25) is 0 Å². The van der Waals surface area contributed by atoms with Crippen molar-refractivity contribution in [3.63, 3.8) is 0 Å². The summed E-state index contributed by atoms with van der Waals surface area (Å²) in [6.07, 6.45) is -3.40. The van der Waals surface area contributed by atoms with Crippen LogP contribution in [0.25, 0.3) is 0 Å². The highest BCUT2D eigenvalue weighted by Crippen LogP contribution is 2.35. The molecule has 0 saturated carbocycles. The summed E-state index contributed by atoms with van der Waals surface area (Å²) in [5.74, 6) is -0.344. The van der Waals surface area contributed by atoms with Gasteiger partial charge in [0.1, 0.15) is 5.69 Å². The zero-order valence-corrected chi connectivity index (χ0v) is 11.9. The molecule has 2 N–H and O–H groups in total. The Bertz CT molecular complexity index is 683. The Hall–Kier alpha value is -2.35. The summed E-state index contributed by atoms with van der Waals surface area (Å²) in [5.41, 5.74) is 0.0877. The van der Waals surface area contributed by atoms with E-state index >= 15 is 0 Å². The first-order valence-electron chi connectivity index (χ1n) is 7.02.